The first-order chi connectivity index (χ1) is 14.5. The van der Waals surface area contributed by atoms with Crippen LogP contribution in [0.2, 0.25) is 0 Å². The molecule has 0 aromatic heterocycles. The van der Waals surface area contributed by atoms with E-state index >= 15 is 0 Å². The van der Waals surface area contributed by atoms with E-state index in [-0.39, 0.29) is 12.6 Å². The minimum atomic E-state index is -0.467. The third kappa shape index (κ3) is 4.35. The molecular formula is C21H22N4O4S. The maximum absolute atomic E-state index is 12.8. The predicted molar refractivity (Wildman–Crippen MR) is 116 cm³/mol. The Morgan fingerprint density at radius 1 is 1.00 bits per heavy atom. The molecule has 0 saturated carbocycles. The first kappa shape index (κ1) is 20.1. The zero-order valence-electron chi connectivity index (χ0n) is 16.2. The maximum Gasteiger partial charge on any atom is 0.414 e. The molecular weight excluding hydrogens is 404 g/mol. The molecule has 0 bridgehead atoms. The number of hydrogen-bond donors (Lipinski definition) is 2. The van der Waals surface area contributed by atoms with Gasteiger partial charge in [0, 0.05) is 31.0 Å². The second-order valence-electron chi connectivity index (χ2n) is 7.16. The quantitative estimate of drug-likeness (QED) is 0.696. The summed E-state index contributed by atoms with van der Waals surface area (Å²) in [6.07, 6.45) is -0.896. The van der Waals surface area contributed by atoms with Crippen molar-refractivity contribution in [3.05, 3.63) is 60.2 Å². The topological polar surface area (TPSA) is 82.2 Å². The van der Waals surface area contributed by atoms with Crippen LogP contribution in [0.15, 0.2) is 54.6 Å². The summed E-state index contributed by atoms with van der Waals surface area (Å²) < 4.78 is 5.26. The molecule has 2 aliphatic heterocycles. The van der Waals surface area contributed by atoms with Crippen molar-refractivity contribution in [2.45, 2.75) is 12.6 Å². The molecule has 0 radical (unpaired) electrons. The molecule has 4 rings (SSSR count). The fraction of sp³-hybridized carbons (Fsp3) is 0.286. The molecule has 30 heavy (non-hydrogen) atoms. The largest absolute Gasteiger partial charge is 0.442 e. The van der Waals surface area contributed by atoms with Crippen molar-refractivity contribution < 1.29 is 19.1 Å². The van der Waals surface area contributed by atoms with Crippen molar-refractivity contribution >= 4 is 41.4 Å². The van der Waals surface area contributed by atoms with Crippen molar-refractivity contribution in [1.29, 1.82) is 0 Å². The van der Waals surface area contributed by atoms with E-state index in [1.165, 1.54) is 4.90 Å². The number of ether oxygens (including phenoxy) is 1. The van der Waals surface area contributed by atoms with Gasteiger partial charge < -0.3 is 15.0 Å². The molecule has 2 saturated heterocycles. The van der Waals surface area contributed by atoms with E-state index in [1.54, 1.807) is 17.0 Å². The van der Waals surface area contributed by atoms with Gasteiger partial charge in [-0.3, -0.25) is 14.6 Å². The smallest absolute Gasteiger partial charge is 0.414 e. The van der Waals surface area contributed by atoms with E-state index < -0.39 is 17.4 Å². The lowest BCUT2D eigenvalue weighted by Crippen LogP contribution is -2.32. The lowest BCUT2D eigenvalue weighted by molar-refractivity contribution is 0.141. The summed E-state index contributed by atoms with van der Waals surface area (Å²) in [6.45, 7) is 2.40. The molecule has 2 aliphatic rings. The molecule has 2 fully saturated rings. The Hall–Kier alpha value is -3.20. The lowest BCUT2D eigenvalue weighted by Gasteiger charge is -2.20. The van der Waals surface area contributed by atoms with Crippen molar-refractivity contribution in [2.24, 2.45) is 0 Å². The third-order valence-electron chi connectivity index (χ3n) is 5.14. The Bertz CT molecular complexity index is 938. The number of anilines is 2. The van der Waals surface area contributed by atoms with Gasteiger partial charge >= 0.3 is 12.1 Å². The summed E-state index contributed by atoms with van der Waals surface area (Å²) in [5.74, 6) is 0. The Morgan fingerprint density at radius 3 is 2.33 bits per heavy atom. The number of urea groups is 1. The summed E-state index contributed by atoms with van der Waals surface area (Å²) >= 11 is 3.64. The second-order valence-corrected chi connectivity index (χ2v) is 7.57. The van der Waals surface area contributed by atoms with Crippen LogP contribution in [-0.2, 0) is 11.3 Å². The monoisotopic (exact) mass is 426 g/mol. The predicted octanol–water partition coefficient (Wildman–Crippen LogP) is 3.09. The van der Waals surface area contributed by atoms with Gasteiger partial charge in [-0.2, -0.15) is 0 Å². The molecule has 2 heterocycles. The molecule has 4 amide bonds. The summed E-state index contributed by atoms with van der Waals surface area (Å²) in [4.78, 5) is 40.9. The number of thiol groups is 1. The first-order valence-electron chi connectivity index (χ1n) is 9.66. The number of nitrogens with zero attached hydrogens (tertiary/aromatic N) is 3. The molecule has 156 valence electrons. The molecule has 1 atom stereocenters. The van der Waals surface area contributed by atoms with Crippen molar-refractivity contribution in [1.82, 2.24) is 10.2 Å². The van der Waals surface area contributed by atoms with Crippen LogP contribution in [0.25, 0.3) is 0 Å². The van der Waals surface area contributed by atoms with Gasteiger partial charge in [0.15, 0.2) is 0 Å². The minimum Gasteiger partial charge on any atom is -0.442 e. The van der Waals surface area contributed by atoms with Gasteiger partial charge in [-0.25, -0.2) is 9.59 Å². The molecule has 8 nitrogen and oxygen atoms in total. The van der Waals surface area contributed by atoms with Gasteiger partial charge in [0.05, 0.1) is 13.1 Å². The van der Waals surface area contributed by atoms with Gasteiger partial charge in [0.2, 0.25) is 0 Å². The lowest BCUT2D eigenvalue weighted by atomic mass is 10.2. The highest BCUT2D eigenvalue weighted by Crippen LogP contribution is 2.27. The molecule has 2 aromatic rings. The van der Waals surface area contributed by atoms with Crippen LogP contribution in [0.4, 0.5) is 25.8 Å². The number of carbonyl (C=O) groups excluding carboxylic acids is 3. The number of nitrogens with one attached hydrogen (secondary N) is 1. The highest BCUT2D eigenvalue weighted by molar-refractivity contribution is 7.96. The zero-order valence-corrected chi connectivity index (χ0v) is 17.1. The van der Waals surface area contributed by atoms with Gasteiger partial charge in [-0.15, -0.1) is 0 Å². The van der Waals surface area contributed by atoms with Gasteiger partial charge in [0.25, 0.3) is 5.24 Å². The molecule has 2 aromatic carbocycles. The number of hydrogen-bond acceptors (Lipinski definition) is 4. The third-order valence-corrected chi connectivity index (χ3v) is 5.30. The highest BCUT2D eigenvalue weighted by Gasteiger charge is 2.33. The normalized spacial score (nSPS) is 18.7. The Kier molecular flexibility index (Phi) is 5.80. The van der Waals surface area contributed by atoms with Gasteiger partial charge in [-0.05, 0) is 29.8 Å². The van der Waals surface area contributed by atoms with E-state index in [2.05, 4.69) is 17.9 Å². The molecule has 0 spiro atoms. The standard InChI is InChI=1S/C21H22N4O4S/c26-19(30)22-12-18-14-25(21(28)29-18)17-8-6-16(7-9-17)24-11-10-23(20(24)27)13-15-4-2-1-3-5-15/h1-9,18H,10-14H2,(H2,22,26,30). The van der Waals surface area contributed by atoms with Crippen molar-refractivity contribution in [3.63, 3.8) is 0 Å². The van der Waals surface area contributed by atoms with Crippen LogP contribution < -0.4 is 15.1 Å². The summed E-state index contributed by atoms with van der Waals surface area (Å²) in [5, 5.41) is 2.06. The highest BCUT2D eigenvalue weighted by atomic mass is 32.1. The number of benzene rings is 2. The zero-order chi connectivity index (χ0) is 21.1. The summed E-state index contributed by atoms with van der Waals surface area (Å²) in [6, 6.07) is 17.1. The van der Waals surface area contributed by atoms with Crippen LogP contribution in [0.5, 0.6) is 0 Å². The molecule has 1 unspecified atom stereocenters. The van der Waals surface area contributed by atoms with E-state index in [1.807, 2.05) is 47.4 Å². The first-order valence-corrected chi connectivity index (χ1v) is 10.1. The van der Waals surface area contributed by atoms with Gasteiger partial charge in [0.1, 0.15) is 6.10 Å². The SMILES string of the molecule is O=C(S)NCC1CN(c2ccc(N3CCN(Cc4ccccc4)C3=O)cc2)C(=O)O1. The van der Waals surface area contributed by atoms with Crippen LogP contribution in [-0.4, -0.2) is 54.5 Å². The second kappa shape index (κ2) is 8.66. The minimum absolute atomic E-state index is 0.0326. The number of rotatable bonds is 6. The van der Waals surface area contributed by atoms with Crippen LogP contribution >= 0.6 is 12.6 Å². The van der Waals surface area contributed by atoms with E-state index in [9.17, 15) is 14.4 Å². The number of cyclic esters (lactones) is 1. The average molecular weight is 426 g/mol. The van der Waals surface area contributed by atoms with Gasteiger partial charge in [-0.1, -0.05) is 43.0 Å². The van der Waals surface area contributed by atoms with E-state index in [0.717, 1.165) is 11.3 Å². The Labute approximate surface area is 179 Å². The molecule has 1 N–H and O–H groups in total. The van der Waals surface area contributed by atoms with Crippen molar-refractivity contribution in [2.75, 3.05) is 36.0 Å². The maximum atomic E-state index is 12.8. The Balaban J connectivity index is 1.38. The Morgan fingerprint density at radius 2 is 1.67 bits per heavy atom. The summed E-state index contributed by atoms with van der Waals surface area (Å²) in [7, 11) is 0. The van der Waals surface area contributed by atoms with Crippen LogP contribution in [0.1, 0.15) is 5.56 Å². The average Bonchev–Trinajstić information content (AvgIpc) is 3.30. The number of amides is 4. The summed E-state index contributed by atoms with van der Waals surface area (Å²) in [5.41, 5.74) is 2.56. The fourth-order valence-corrected chi connectivity index (χ4v) is 3.72. The number of carbonyl (C=O) groups is 3. The van der Waals surface area contributed by atoms with Crippen molar-refractivity contribution in [3.8, 4) is 0 Å². The molecule has 9 heteroatoms. The van der Waals surface area contributed by atoms with Crippen LogP contribution in [0, 0.1) is 0 Å². The van der Waals surface area contributed by atoms with E-state index in [0.29, 0.717) is 31.9 Å². The fourth-order valence-electron chi connectivity index (χ4n) is 3.63. The van der Waals surface area contributed by atoms with E-state index in [4.69, 9.17) is 4.74 Å². The van der Waals surface area contributed by atoms with Crippen LogP contribution in [0.3, 0.4) is 0 Å². The molecule has 0 aliphatic carbocycles.